The number of halogens is 3. The largest absolute Gasteiger partial charge is 0.268 e. The second kappa shape index (κ2) is 2.12. The second-order valence-corrected chi connectivity index (χ2v) is 4.77. The summed E-state index contributed by atoms with van der Waals surface area (Å²) >= 11 is 0. The van der Waals surface area contributed by atoms with E-state index in [1.165, 1.54) is 0 Å². The van der Waals surface area contributed by atoms with Gasteiger partial charge in [0.05, 0.1) is 5.92 Å². The van der Waals surface area contributed by atoms with E-state index in [-0.39, 0.29) is 0 Å². The van der Waals surface area contributed by atoms with E-state index >= 15 is 0 Å². The lowest BCUT2D eigenvalue weighted by Crippen LogP contribution is -2.25. The zero-order chi connectivity index (χ0) is 8.86. The van der Waals surface area contributed by atoms with Gasteiger partial charge in [-0.2, -0.15) is 0 Å². The summed E-state index contributed by atoms with van der Waals surface area (Å²) in [5, 5.41) is 0. The molecule has 0 saturated carbocycles. The fraction of sp³-hybridized carbons (Fsp3) is 1.00. The van der Waals surface area contributed by atoms with E-state index in [0.29, 0.717) is 0 Å². The lowest BCUT2D eigenvalue weighted by atomic mass is 10.1. The van der Waals surface area contributed by atoms with Crippen molar-refractivity contribution in [2.24, 2.45) is 5.92 Å². The fourth-order valence-corrected chi connectivity index (χ4v) is 2.76. The fourth-order valence-electron chi connectivity index (χ4n) is 0.982. The summed E-state index contributed by atoms with van der Waals surface area (Å²) in [7, 11) is -4.20. The molecular weight excluding hydrogens is 181 g/mol. The standard InChI is InChI=1S/C5H7F3O2S/c1-3-4(6)11(9,10)2-5(3,7)8/h3-4H,2H2,1H3. The minimum absolute atomic E-state index is 0.898. The first-order chi connectivity index (χ1) is 4.77. The molecule has 1 aliphatic heterocycles. The van der Waals surface area contributed by atoms with Gasteiger partial charge in [-0.15, -0.1) is 0 Å². The first-order valence-electron chi connectivity index (χ1n) is 3.01. The van der Waals surface area contributed by atoms with Crippen LogP contribution in [-0.2, 0) is 9.84 Å². The van der Waals surface area contributed by atoms with Crippen molar-refractivity contribution in [3.05, 3.63) is 0 Å². The summed E-state index contributed by atoms with van der Waals surface area (Å²) in [6.07, 6.45) is 0. The van der Waals surface area contributed by atoms with Crippen LogP contribution in [0.25, 0.3) is 0 Å². The number of sulfone groups is 1. The summed E-state index contributed by atoms with van der Waals surface area (Å²) in [5.41, 5.74) is -2.41. The Bertz CT molecular complexity index is 259. The smallest absolute Gasteiger partial charge is 0.230 e. The van der Waals surface area contributed by atoms with Gasteiger partial charge in [0.25, 0.3) is 5.92 Å². The molecule has 0 amide bonds. The van der Waals surface area contributed by atoms with Gasteiger partial charge in [0.15, 0.2) is 9.84 Å². The molecule has 0 aliphatic carbocycles. The van der Waals surface area contributed by atoms with Crippen molar-refractivity contribution in [3.63, 3.8) is 0 Å². The molecule has 1 fully saturated rings. The third-order valence-corrected chi connectivity index (χ3v) is 3.68. The monoisotopic (exact) mass is 188 g/mol. The lowest BCUT2D eigenvalue weighted by molar-refractivity contribution is -0.0304. The summed E-state index contributed by atoms with van der Waals surface area (Å²) in [6, 6.07) is 0. The van der Waals surface area contributed by atoms with E-state index in [2.05, 4.69) is 0 Å². The maximum atomic E-state index is 12.5. The van der Waals surface area contributed by atoms with E-state index in [4.69, 9.17) is 0 Å². The van der Waals surface area contributed by atoms with E-state index in [1.807, 2.05) is 0 Å². The molecular formula is C5H7F3O2S. The number of rotatable bonds is 0. The zero-order valence-electron chi connectivity index (χ0n) is 5.72. The number of hydrogen-bond donors (Lipinski definition) is 0. The summed E-state index contributed by atoms with van der Waals surface area (Å²) in [6.45, 7) is 0.898. The molecule has 6 heteroatoms. The minimum Gasteiger partial charge on any atom is -0.230 e. The predicted molar refractivity (Wildman–Crippen MR) is 32.8 cm³/mol. The van der Waals surface area contributed by atoms with Gasteiger partial charge in [-0.25, -0.2) is 21.6 Å². The third-order valence-electron chi connectivity index (χ3n) is 1.80. The SMILES string of the molecule is CC1C(F)S(=O)(=O)CC1(F)F. The van der Waals surface area contributed by atoms with Crippen LogP contribution in [0.3, 0.4) is 0 Å². The molecule has 0 radical (unpaired) electrons. The molecule has 1 rings (SSSR count). The van der Waals surface area contributed by atoms with E-state index < -0.39 is 32.9 Å². The molecule has 2 unspecified atom stereocenters. The van der Waals surface area contributed by atoms with Crippen molar-refractivity contribution >= 4 is 9.84 Å². The lowest BCUT2D eigenvalue weighted by Gasteiger charge is -2.11. The molecule has 0 spiro atoms. The van der Waals surface area contributed by atoms with Gasteiger partial charge in [-0.05, 0) is 0 Å². The molecule has 0 N–H and O–H groups in total. The Morgan fingerprint density at radius 2 is 1.91 bits per heavy atom. The maximum Gasteiger partial charge on any atom is 0.268 e. The highest BCUT2D eigenvalue weighted by Crippen LogP contribution is 2.39. The predicted octanol–water partition coefficient (Wildman–Crippen LogP) is 0.982. The van der Waals surface area contributed by atoms with Crippen molar-refractivity contribution in [2.75, 3.05) is 5.75 Å². The second-order valence-electron chi connectivity index (χ2n) is 2.71. The summed E-state index contributed by atoms with van der Waals surface area (Å²) < 4.78 is 58.5. The normalized spacial score (nSPS) is 40.7. The van der Waals surface area contributed by atoms with Crippen LogP contribution in [-0.4, -0.2) is 25.6 Å². The van der Waals surface area contributed by atoms with Crippen LogP contribution in [0.15, 0.2) is 0 Å². The van der Waals surface area contributed by atoms with Crippen LogP contribution in [0.5, 0.6) is 0 Å². The van der Waals surface area contributed by atoms with Gasteiger partial charge in [0.2, 0.25) is 5.50 Å². The first-order valence-corrected chi connectivity index (χ1v) is 4.72. The number of alkyl halides is 3. The molecule has 1 saturated heterocycles. The molecule has 0 aromatic heterocycles. The molecule has 2 nitrogen and oxygen atoms in total. The van der Waals surface area contributed by atoms with Crippen LogP contribution in [0.1, 0.15) is 6.92 Å². The Hall–Kier alpha value is -0.260. The van der Waals surface area contributed by atoms with Crippen LogP contribution in [0.4, 0.5) is 13.2 Å². The molecule has 0 aromatic rings. The zero-order valence-corrected chi connectivity index (χ0v) is 6.54. The van der Waals surface area contributed by atoms with Gasteiger partial charge in [0.1, 0.15) is 5.75 Å². The van der Waals surface area contributed by atoms with Crippen molar-refractivity contribution in [1.82, 2.24) is 0 Å². The molecule has 66 valence electrons. The first kappa shape index (κ1) is 8.83. The average Bonchev–Trinajstić information content (AvgIpc) is 1.91. The Labute approximate surface area is 62.3 Å². The van der Waals surface area contributed by atoms with E-state index in [9.17, 15) is 21.6 Å². The summed E-state index contributed by atoms with van der Waals surface area (Å²) in [5.74, 6) is -6.48. The highest BCUT2D eigenvalue weighted by molar-refractivity contribution is 7.92. The van der Waals surface area contributed by atoms with Gasteiger partial charge < -0.3 is 0 Å². The molecule has 0 aromatic carbocycles. The van der Waals surface area contributed by atoms with E-state index in [0.717, 1.165) is 6.92 Å². The quantitative estimate of drug-likeness (QED) is 0.568. The Kier molecular flexibility index (Phi) is 1.70. The van der Waals surface area contributed by atoms with Crippen molar-refractivity contribution in [1.29, 1.82) is 0 Å². The van der Waals surface area contributed by atoms with Crippen LogP contribution < -0.4 is 0 Å². The Balaban J connectivity index is 3.06. The van der Waals surface area contributed by atoms with Gasteiger partial charge in [0, 0.05) is 0 Å². The van der Waals surface area contributed by atoms with Crippen LogP contribution in [0.2, 0.25) is 0 Å². The molecule has 11 heavy (non-hydrogen) atoms. The van der Waals surface area contributed by atoms with Crippen molar-refractivity contribution in [2.45, 2.75) is 18.3 Å². The van der Waals surface area contributed by atoms with Gasteiger partial charge in [-0.1, -0.05) is 6.92 Å². The van der Waals surface area contributed by atoms with Gasteiger partial charge in [-0.3, -0.25) is 0 Å². The maximum absolute atomic E-state index is 12.5. The highest BCUT2D eigenvalue weighted by atomic mass is 32.2. The molecule has 1 heterocycles. The Morgan fingerprint density at radius 1 is 1.45 bits per heavy atom. The van der Waals surface area contributed by atoms with Crippen LogP contribution in [0, 0.1) is 5.92 Å². The number of hydrogen-bond acceptors (Lipinski definition) is 2. The summed E-state index contributed by atoms with van der Waals surface area (Å²) in [4.78, 5) is 0. The molecule has 0 bridgehead atoms. The minimum atomic E-state index is -4.20. The van der Waals surface area contributed by atoms with Crippen molar-refractivity contribution in [3.8, 4) is 0 Å². The third kappa shape index (κ3) is 1.23. The van der Waals surface area contributed by atoms with Gasteiger partial charge >= 0.3 is 0 Å². The topological polar surface area (TPSA) is 34.1 Å². The van der Waals surface area contributed by atoms with E-state index in [1.54, 1.807) is 0 Å². The molecule has 1 aliphatic rings. The highest BCUT2D eigenvalue weighted by Gasteiger charge is 2.57. The average molecular weight is 188 g/mol. The van der Waals surface area contributed by atoms with Crippen molar-refractivity contribution < 1.29 is 21.6 Å². The Morgan fingerprint density at radius 3 is 2.00 bits per heavy atom. The van der Waals surface area contributed by atoms with Crippen LogP contribution >= 0.6 is 0 Å². The molecule has 2 atom stereocenters.